The molecule has 2 aliphatic heterocycles. The van der Waals surface area contributed by atoms with Gasteiger partial charge in [0.05, 0.1) is 22.7 Å². The largest absolute Gasteiger partial charge is 0.381 e. The summed E-state index contributed by atoms with van der Waals surface area (Å²) in [6.07, 6.45) is 4.56. The lowest BCUT2D eigenvalue weighted by Crippen LogP contribution is -2.42. The number of amides is 1. The third-order valence-electron chi connectivity index (χ3n) is 6.01. The van der Waals surface area contributed by atoms with Crippen LogP contribution in [0.25, 0.3) is 0 Å². The van der Waals surface area contributed by atoms with E-state index in [9.17, 15) is 13.2 Å². The summed E-state index contributed by atoms with van der Waals surface area (Å²) in [5.41, 5.74) is 1.20. The van der Waals surface area contributed by atoms with Gasteiger partial charge in [0.1, 0.15) is 0 Å². The van der Waals surface area contributed by atoms with Crippen molar-refractivity contribution in [3.63, 3.8) is 0 Å². The number of nitrogens with one attached hydrogen (secondary N) is 1. The summed E-state index contributed by atoms with van der Waals surface area (Å²) in [6, 6.07) is 10.4. The average Bonchev–Trinajstić information content (AvgIpc) is 3.09. The van der Waals surface area contributed by atoms with Crippen molar-refractivity contribution in [3.05, 3.63) is 54.4 Å². The number of carbonyl (C=O) groups excluding carboxylic acids is 1. The zero-order chi connectivity index (χ0) is 20.5. The minimum absolute atomic E-state index is 0.165. The normalized spacial score (nSPS) is 21.9. The Morgan fingerprint density at radius 2 is 1.93 bits per heavy atom. The maximum atomic E-state index is 13.3. The Morgan fingerprint density at radius 1 is 1.21 bits per heavy atom. The molecule has 1 aromatic carbocycles. The van der Waals surface area contributed by atoms with Gasteiger partial charge in [-0.1, -0.05) is 17.7 Å². The van der Waals surface area contributed by atoms with Crippen LogP contribution < -0.4 is 5.32 Å². The number of anilines is 1. The van der Waals surface area contributed by atoms with Crippen molar-refractivity contribution in [2.24, 2.45) is 11.3 Å². The van der Waals surface area contributed by atoms with Crippen LogP contribution in [-0.2, 0) is 19.6 Å². The molecule has 0 saturated carbocycles. The molecule has 2 fully saturated rings. The van der Waals surface area contributed by atoms with Gasteiger partial charge in [-0.15, -0.1) is 0 Å². The van der Waals surface area contributed by atoms with Crippen molar-refractivity contribution in [1.29, 1.82) is 0 Å². The van der Waals surface area contributed by atoms with Crippen LogP contribution in [0.3, 0.4) is 0 Å². The molecule has 4 rings (SSSR count). The number of pyridine rings is 1. The van der Waals surface area contributed by atoms with Crippen LogP contribution in [0, 0.1) is 18.3 Å². The first-order valence-corrected chi connectivity index (χ1v) is 11.2. The minimum atomic E-state index is -3.67. The fraction of sp³-hybridized carbons (Fsp3) is 0.429. The topological polar surface area (TPSA) is 88.6 Å². The number of aryl methyl sites for hydroxylation is 1. The summed E-state index contributed by atoms with van der Waals surface area (Å²) >= 11 is 0. The summed E-state index contributed by atoms with van der Waals surface area (Å²) in [4.78, 5) is 17.4. The van der Waals surface area contributed by atoms with E-state index in [1.807, 2.05) is 6.92 Å². The van der Waals surface area contributed by atoms with E-state index < -0.39 is 21.4 Å². The Bertz CT molecular complexity index is 971. The number of rotatable bonds is 4. The SMILES string of the molecule is Cc1ccc(S(=O)(=O)N2CC(C(=O)Nc3cccnc3)C3(CCOCC3)C2)cc1. The lowest BCUT2D eigenvalue weighted by molar-refractivity contribution is -0.124. The molecule has 0 aliphatic carbocycles. The quantitative estimate of drug-likeness (QED) is 0.829. The highest BCUT2D eigenvalue weighted by Gasteiger charge is 2.53. The zero-order valence-electron chi connectivity index (χ0n) is 16.4. The lowest BCUT2D eigenvalue weighted by Gasteiger charge is -2.37. The van der Waals surface area contributed by atoms with E-state index in [0.717, 1.165) is 5.56 Å². The van der Waals surface area contributed by atoms with Gasteiger partial charge in [0.2, 0.25) is 15.9 Å². The number of sulfonamides is 1. The Labute approximate surface area is 171 Å². The van der Waals surface area contributed by atoms with Gasteiger partial charge in [-0.25, -0.2) is 8.42 Å². The van der Waals surface area contributed by atoms with Crippen molar-refractivity contribution in [3.8, 4) is 0 Å². The molecule has 0 radical (unpaired) electrons. The zero-order valence-corrected chi connectivity index (χ0v) is 17.2. The molecule has 1 unspecified atom stereocenters. The lowest BCUT2D eigenvalue weighted by atomic mass is 9.72. The van der Waals surface area contributed by atoms with Crippen LogP contribution in [0.5, 0.6) is 0 Å². The molecule has 2 aromatic rings. The fourth-order valence-electron chi connectivity index (χ4n) is 4.28. The van der Waals surface area contributed by atoms with E-state index in [1.54, 1.807) is 48.8 Å². The highest BCUT2D eigenvalue weighted by atomic mass is 32.2. The first-order chi connectivity index (χ1) is 13.9. The maximum absolute atomic E-state index is 13.3. The molecular formula is C21H25N3O4S. The van der Waals surface area contributed by atoms with Gasteiger partial charge in [0.25, 0.3) is 0 Å². The van der Waals surface area contributed by atoms with Gasteiger partial charge in [0.15, 0.2) is 0 Å². The number of carbonyl (C=O) groups is 1. The van der Waals surface area contributed by atoms with Gasteiger partial charge in [-0.05, 0) is 44.0 Å². The third-order valence-corrected chi connectivity index (χ3v) is 7.84. The molecule has 1 aromatic heterocycles. The fourth-order valence-corrected chi connectivity index (χ4v) is 5.83. The van der Waals surface area contributed by atoms with Crippen molar-refractivity contribution in [2.75, 3.05) is 31.6 Å². The van der Waals surface area contributed by atoms with Crippen molar-refractivity contribution in [1.82, 2.24) is 9.29 Å². The smallest absolute Gasteiger partial charge is 0.243 e. The Hall–Kier alpha value is -2.29. The summed E-state index contributed by atoms with van der Waals surface area (Å²) in [7, 11) is -3.67. The average molecular weight is 416 g/mol. The first-order valence-electron chi connectivity index (χ1n) is 9.76. The molecule has 1 atom stereocenters. The Balaban J connectivity index is 1.62. The molecule has 154 valence electrons. The standard InChI is InChI=1S/C21H25N3O4S/c1-16-4-6-18(7-5-16)29(26,27)24-14-19(21(15-24)8-11-28-12-9-21)20(25)23-17-3-2-10-22-13-17/h2-7,10,13,19H,8-9,11-12,14-15H2,1H3,(H,23,25). The molecule has 0 bridgehead atoms. The predicted molar refractivity (Wildman–Crippen MR) is 109 cm³/mol. The number of hydrogen-bond acceptors (Lipinski definition) is 5. The number of ether oxygens (including phenoxy) is 1. The van der Waals surface area contributed by atoms with Gasteiger partial charge in [0, 0.05) is 37.9 Å². The number of nitrogens with zero attached hydrogens (tertiary/aromatic N) is 2. The summed E-state index contributed by atoms with van der Waals surface area (Å²) < 4.78 is 33.5. The number of hydrogen-bond donors (Lipinski definition) is 1. The van der Waals surface area contributed by atoms with Crippen molar-refractivity contribution < 1.29 is 17.9 Å². The minimum Gasteiger partial charge on any atom is -0.381 e. The molecule has 8 heteroatoms. The van der Waals surface area contributed by atoms with E-state index in [-0.39, 0.29) is 17.3 Å². The van der Waals surface area contributed by atoms with Crippen LogP contribution in [0.1, 0.15) is 18.4 Å². The highest BCUT2D eigenvalue weighted by molar-refractivity contribution is 7.89. The van der Waals surface area contributed by atoms with Gasteiger partial charge < -0.3 is 10.1 Å². The summed E-state index contributed by atoms with van der Waals surface area (Å²) in [5.74, 6) is -0.603. The van der Waals surface area contributed by atoms with Crippen molar-refractivity contribution in [2.45, 2.75) is 24.7 Å². The van der Waals surface area contributed by atoms with Gasteiger partial charge in [-0.3, -0.25) is 9.78 Å². The Kier molecular flexibility index (Phi) is 5.42. The van der Waals surface area contributed by atoms with Gasteiger partial charge in [-0.2, -0.15) is 4.31 Å². The van der Waals surface area contributed by atoms with Crippen LogP contribution in [-0.4, -0.2) is 49.9 Å². The monoisotopic (exact) mass is 415 g/mol. The van der Waals surface area contributed by atoms with Crippen LogP contribution in [0.2, 0.25) is 0 Å². The molecule has 2 aliphatic rings. The second-order valence-corrected chi connectivity index (χ2v) is 9.81. The van der Waals surface area contributed by atoms with E-state index in [4.69, 9.17) is 4.74 Å². The first kappa shape index (κ1) is 20.0. The second-order valence-electron chi connectivity index (χ2n) is 7.87. The molecule has 1 amide bonds. The van der Waals surface area contributed by atoms with Crippen LogP contribution in [0.15, 0.2) is 53.7 Å². The highest BCUT2D eigenvalue weighted by Crippen LogP contribution is 2.46. The van der Waals surface area contributed by atoms with Gasteiger partial charge >= 0.3 is 0 Å². The molecule has 1 N–H and O–H groups in total. The predicted octanol–water partition coefficient (Wildman–Crippen LogP) is 2.45. The Morgan fingerprint density at radius 3 is 2.59 bits per heavy atom. The van der Waals surface area contributed by atoms with E-state index in [0.29, 0.717) is 38.3 Å². The number of benzene rings is 1. The second kappa shape index (κ2) is 7.85. The van der Waals surface area contributed by atoms with Crippen LogP contribution >= 0.6 is 0 Å². The molecule has 29 heavy (non-hydrogen) atoms. The molecule has 2 saturated heterocycles. The van der Waals surface area contributed by atoms with E-state index >= 15 is 0 Å². The maximum Gasteiger partial charge on any atom is 0.243 e. The molecule has 1 spiro atoms. The molecule has 3 heterocycles. The van der Waals surface area contributed by atoms with E-state index in [1.165, 1.54) is 4.31 Å². The summed E-state index contributed by atoms with van der Waals surface area (Å²) in [5, 5.41) is 2.91. The summed E-state index contributed by atoms with van der Waals surface area (Å²) in [6.45, 7) is 3.49. The number of aromatic nitrogens is 1. The molecular weight excluding hydrogens is 390 g/mol. The van der Waals surface area contributed by atoms with Crippen molar-refractivity contribution >= 4 is 21.6 Å². The van der Waals surface area contributed by atoms with Crippen LogP contribution in [0.4, 0.5) is 5.69 Å². The van der Waals surface area contributed by atoms with E-state index in [2.05, 4.69) is 10.3 Å². The molecule has 7 nitrogen and oxygen atoms in total. The third kappa shape index (κ3) is 3.92.